The highest BCUT2D eigenvalue weighted by Crippen LogP contribution is 2.40. The number of nitrogens with one attached hydrogen (secondary N) is 2. The summed E-state index contributed by atoms with van der Waals surface area (Å²) in [6.45, 7) is 4.86. The molecule has 0 amide bonds. The molecule has 2 heterocycles. The summed E-state index contributed by atoms with van der Waals surface area (Å²) in [6, 6.07) is 7.90. The van der Waals surface area contributed by atoms with Gasteiger partial charge in [-0.2, -0.15) is 13.4 Å². The Bertz CT molecular complexity index is 1380. The molecule has 192 valence electrons. The molecule has 0 bridgehead atoms. The summed E-state index contributed by atoms with van der Waals surface area (Å²) in [7, 11) is -4.51. The van der Waals surface area contributed by atoms with Crippen LogP contribution in [0.25, 0.3) is 0 Å². The molecule has 3 aromatic rings. The van der Waals surface area contributed by atoms with Crippen molar-refractivity contribution < 1.29 is 30.5 Å². The molecule has 0 aliphatic carbocycles. The lowest BCUT2D eigenvalue weighted by Gasteiger charge is -2.20. The quantitative estimate of drug-likeness (QED) is 0.264. The van der Waals surface area contributed by atoms with Crippen molar-refractivity contribution in [2.75, 3.05) is 37.7 Å². The molecular weight excluding hydrogens is 534 g/mol. The molecule has 1 aliphatic rings. The summed E-state index contributed by atoms with van der Waals surface area (Å²) in [4.78, 5) is 8.71. The third-order valence-corrected chi connectivity index (χ3v) is 6.20. The Morgan fingerprint density at radius 3 is 2.64 bits per heavy atom. The fourth-order valence-electron chi connectivity index (χ4n) is 3.47. The summed E-state index contributed by atoms with van der Waals surface area (Å²) >= 11 is 6.33. The van der Waals surface area contributed by atoms with Gasteiger partial charge in [0.25, 0.3) is 0 Å². The fourth-order valence-corrected chi connectivity index (χ4v) is 4.49. The number of methoxy groups -OCH3 is 1. The normalized spacial score (nSPS) is 13.2. The van der Waals surface area contributed by atoms with Crippen LogP contribution in [0.1, 0.15) is 11.1 Å². The van der Waals surface area contributed by atoms with Crippen LogP contribution in [0.15, 0.2) is 36.5 Å². The molecule has 10 nitrogen and oxygen atoms in total. The van der Waals surface area contributed by atoms with Crippen molar-refractivity contribution in [3.63, 3.8) is 0 Å². The Labute approximate surface area is 214 Å². The molecule has 0 atom stereocenters. The van der Waals surface area contributed by atoms with Gasteiger partial charge in [-0.15, -0.1) is 0 Å². The Morgan fingerprint density at radius 2 is 1.92 bits per heavy atom. The Morgan fingerprint density at radius 1 is 1.11 bits per heavy atom. The summed E-state index contributed by atoms with van der Waals surface area (Å²) in [6.07, 6.45) is 2.23. The number of nitrogens with zero attached hydrogens (tertiary/aromatic N) is 2. The van der Waals surface area contributed by atoms with Crippen LogP contribution in [0.5, 0.6) is 17.2 Å². The second-order valence-electron chi connectivity index (χ2n) is 7.80. The molecule has 4 rings (SSSR count). The van der Waals surface area contributed by atoms with Crippen LogP contribution in [-0.4, -0.2) is 45.4 Å². The molecule has 14 heteroatoms. The van der Waals surface area contributed by atoms with Gasteiger partial charge in [-0.25, -0.2) is 4.98 Å². The van der Waals surface area contributed by atoms with Gasteiger partial charge in [-0.1, -0.05) is 15.5 Å². The number of halogens is 2. The first-order valence-corrected chi connectivity index (χ1v) is 14.4. The molecule has 0 spiro atoms. The second-order valence-corrected chi connectivity index (χ2v) is 11.0. The molecule has 0 radical (unpaired) electrons. The lowest BCUT2D eigenvalue weighted by molar-refractivity contribution is 0.110. The number of aromatic nitrogens is 2. The highest BCUT2D eigenvalue weighted by Gasteiger charge is 2.18. The van der Waals surface area contributed by atoms with Crippen LogP contribution >= 0.6 is 19.7 Å². The maximum absolute atomic E-state index is 13.0. The van der Waals surface area contributed by atoms with E-state index in [2.05, 4.69) is 24.8 Å². The van der Waals surface area contributed by atoms with Gasteiger partial charge in [0.05, 0.1) is 46.0 Å². The third-order valence-electron chi connectivity index (χ3n) is 4.97. The van der Waals surface area contributed by atoms with Crippen molar-refractivity contribution in [3.05, 3.63) is 52.7 Å². The number of anilines is 4. The van der Waals surface area contributed by atoms with E-state index in [-0.39, 0.29) is 28.3 Å². The van der Waals surface area contributed by atoms with Crippen molar-refractivity contribution in [3.8, 4) is 17.2 Å². The topological polar surface area (TPSA) is 121 Å². The van der Waals surface area contributed by atoms with Gasteiger partial charge >= 0.3 is 10.5 Å². The molecule has 0 fully saturated rings. The maximum Gasteiger partial charge on any atom is 0.488 e. The number of rotatable bonds is 9. The average Bonchev–Trinajstić information content (AvgIpc) is 2.81. The molecule has 0 unspecified atom stereocenters. The largest absolute Gasteiger partial charge is 0.495 e. The molecule has 2 aromatic carbocycles. The first-order chi connectivity index (χ1) is 17.1. The van der Waals surface area contributed by atoms with Gasteiger partial charge in [0, 0.05) is 6.07 Å². The van der Waals surface area contributed by atoms with Gasteiger partial charge in [-0.3, -0.25) is 0 Å². The highest BCUT2D eigenvalue weighted by atomic mass is 35.5. The first-order valence-electron chi connectivity index (χ1n) is 10.6. The van der Waals surface area contributed by atoms with E-state index in [0.29, 0.717) is 30.3 Å². The standard InChI is InChI=1S/C22H23ClFN4O6PS/c1-31-19-9-13-6-7-32-12-14(13)8-18(19)27-22-25-11-16(23)21(28-22)26-17-5-4-15(34-36(24,29)30)10-20(17)33-35(2)3/h4-5,8-11H,6-7,12H2,1-3H3,(H2,25,26,27,28). The summed E-state index contributed by atoms with van der Waals surface area (Å²) < 4.78 is 55.9. The zero-order chi connectivity index (χ0) is 25.9. The van der Waals surface area contributed by atoms with Crippen molar-refractivity contribution in [2.45, 2.75) is 13.0 Å². The molecule has 0 saturated heterocycles. The monoisotopic (exact) mass is 556 g/mol. The van der Waals surface area contributed by atoms with Crippen molar-refractivity contribution in [2.24, 2.45) is 0 Å². The lowest BCUT2D eigenvalue weighted by atomic mass is 10.0. The second kappa shape index (κ2) is 11.0. The van der Waals surface area contributed by atoms with E-state index in [1.165, 1.54) is 24.4 Å². The van der Waals surface area contributed by atoms with Crippen molar-refractivity contribution in [1.29, 1.82) is 0 Å². The van der Waals surface area contributed by atoms with Crippen LogP contribution in [0, 0.1) is 0 Å². The Hall–Kier alpha value is -2.92. The average molecular weight is 557 g/mol. The third kappa shape index (κ3) is 6.64. The number of fused-ring (bicyclic) bond motifs is 1. The van der Waals surface area contributed by atoms with Crippen LogP contribution in [0.2, 0.25) is 5.02 Å². The Kier molecular flexibility index (Phi) is 7.99. The Balaban J connectivity index is 1.62. The molecule has 0 saturated carbocycles. The summed E-state index contributed by atoms with van der Waals surface area (Å²) in [5.41, 5.74) is 3.28. The number of ether oxygens (including phenoxy) is 2. The first kappa shape index (κ1) is 26.2. The predicted molar refractivity (Wildman–Crippen MR) is 136 cm³/mol. The van der Waals surface area contributed by atoms with E-state index < -0.39 is 18.7 Å². The zero-order valence-electron chi connectivity index (χ0n) is 19.5. The zero-order valence-corrected chi connectivity index (χ0v) is 22.0. The highest BCUT2D eigenvalue weighted by molar-refractivity contribution is 7.81. The summed E-state index contributed by atoms with van der Waals surface area (Å²) in [5, 5.41) is 6.43. The van der Waals surface area contributed by atoms with Gasteiger partial charge in [-0.05, 0) is 55.1 Å². The van der Waals surface area contributed by atoms with Crippen LogP contribution < -0.4 is 24.1 Å². The summed E-state index contributed by atoms with van der Waals surface area (Å²) in [5.74, 6) is 1.12. The minimum absolute atomic E-state index is 0.222. The molecule has 2 N–H and O–H groups in total. The van der Waals surface area contributed by atoms with Gasteiger partial charge in [0.15, 0.2) is 5.82 Å². The molecular formula is C22H23ClFN4O6PS. The predicted octanol–water partition coefficient (Wildman–Crippen LogP) is 5.33. The SMILES string of the molecule is COc1cc2c(cc1Nc1ncc(Cl)c(Nc3ccc(OS(=O)(=O)F)cc3OP(C)C)n1)COCC2. The maximum atomic E-state index is 13.0. The van der Waals surface area contributed by atoms with E-state index in [0.717, 1.165) is 17.5 Å². The van der Waals surface area contributed by atoms with Crippen LogP contribution in [-0.2, 0) is 28.3 Å². The van der Waals surface area contributed by atoms with Crippen LogP contribution in [0.3, 0.4) is 0 Å². The van der Waals surface area contributed by atoms with E-state index in [9.17, 15) is 12.3 Å². The van der Waals surface area contributed by atoms with Gasteiger partial charge in [0.1, 0.15) is 22.3 Å². The van der Waals surface area contributed by atoms with Crippen LogP contribution in [0.4, 0.5) is 27.0 Å². The van der Waals surface area contributed by atoms with E-state index in [1.54, 1.807) is 7.11 Å². The number of benzene rings is 2. The van der Waals surface area contributed by atoms with Crippen molar-refractivity contribution >= 4 is 53.4 Å². The fraction of sp³-hybridized carbons (Fsp3) is 0.273. The van der Waals surface area contributed by atoms with Gasteiger partial charge < -0.3 is 28.8 Å². The molecule has 1 aliphatic heterocycles. The minimum Gasteiger partial charge on any atom is -0.495 e. The number of hydrogen-bond donors (Lipinski definition) is 2. The number of hydrogen-bond acceptors (Lipinski definition) is 10. The smallest absolute Gasteiger partial charge is 0.488 e. The van der Waals surface area contributed by atoms with Crippen molar-refractivity contribution in [1.82, 2.24) is 9.97 Å². The minimum atomic E-state index is -5.19. The lowest BCUT2D eigenvalue weighted by Crippen LogP contribution is -2.11. The van der Waals surface area contributed by atoms with E-state index >= 15 is 0 Å². The molecule has 36 heavy (non-hydrogen) atoms. The van der Waals surface area contributed by atoms with E-state index in [1.807, 2.05) is 25.5 Å². The van der Waals surface area contributed by atoms with E-state index in [4.69, 9.17) is 25.6 Å². The molecule has 1 aromatic heterocycles. The van der Waals surface area contributed by atoms with Gasteiger partial charge in [0.2, 0.25) is 5.95 Å².